The maximum atomic E-state index is 12.4. The van der Waals surface area contributed by atoms with Gasteiger partial charge in [0.25, 0.3) is 5.91 Å². The SMILES string of the molecule is Cc1cc(C(=O)N/N=C\c2cc(Br)ccc2OC(=O)c2ccc(Br)cc2)n[nH]1. The molecule has 1 heterocycles. The van der Waals surface area contributed by atoms with Gasteiger partial charge >= 0.3 is 5.97 Å². The molecule has 28 heavy (non-hydrogen) atoms. The number of amides is 1. The molecule has 9 heteroatoms. The average Bonchev–Trinajstić information content (AvgIpc) is 3.10. The highest BCUT2D eigenvalue weighted by atomic mass is 79.9. The summed E-state index contributed by atoms with van der Waals surface area (Å²) in [6.45, 7) is 1.79. The largest absolute Gasteiger partial charge is 0.422 e. The van der Waals surface area contributed by atoms with Crippen LogP contribution in [0.15, 0.2) is 62.6 Å². The minimum absolute atomic E-state index is 0.228. The van der Waals surface area contributed by atoms with Crippen molar-refractivity contribution in [2.24, 2.45) is 5.10 Å². The molecule has 3 rings (SSSR count). The summed E-state index contributed by atoms with van der Waals surface area (Å²) in [5, 5.41) is 10.5. The molecule has 1 amide bonds. The van der Waals surface area contributed by atoms with Crippen molar-refractivity contribution < 1.29 is 14.3 Å². The number of hydrogen-bond acceptors (Lipinski definition) is 5. The molecule has 0 aliphatic heterocycles. The molecular weight excluding hydrogens is 492 g/mol. The van der Waals surface area contributed by atoms with Crippen LogP contribution in [0.1, 0.15) is 32.1 Å². The number of hydrazone groups is 1. The first-order valence-corrected chi connectivity index (χ1v) is 9.63. The molecule has 0 aliphatic rings. The minimum Gasteiger partial charge on any atom is -0.422 e. The van der Waals surface area contributed by atoms with Gasteiger partial charge in [0.2, 0.25) is 0 Å². The molecule has 2 N–H and O–H groups in total. The zero-order chi connectivity index (χ0) is 20.1. The fourth-order valence-electron chi connectivity index (χ4n) is 2.21. The van der Waals surface area contributed by atoms with Gasteiger partial charge in [-0.2, -0.15) is 10.2 Å². The number of halogens is 2. The Labute approximate surface area is 177 Å². The van der Waals surface area contributed by atoms with Crippen molar-refractivity contribution in [2.75, 3.05) is 0 Å². The summed E-state index contributed by atoms with van der Waals surface area (Å²) < 4.78 is 7.11. The van der Waals surface area contributed by atoms with E-state index in [4.69, 9.17) is 4.74 Å². The van der Waals surface area contributed by atoms with Crippen LogP contribution in [0.5, 0.6) is 5.75 Å². The van der Waals surface area contributed by atoms with Crippen LogP contribution in [0, 0.1) is 6.92 Å². The highest BCUT2D eigenvalue weighted by Gasteiger charge is 2.12. The number of ether oxygens (including phenoxy) is 1. The Kier molecular flexibility index (Phi) is 6.37. The van der Waals surface area contributed by atoms with E-state index in [9.17, 15) is 9.59 Å². The lowest BCUT2D eigenvalue weighted by Crippen LogP contribution is -2.18. The summed E-state index contributed by atoms with van der Waals surface area (Å²) in [6.07, 6.45) is 1.40. The minimum atomic E-state index is -0.500. The first-order valence-electron chi connectivity index (χ1n) is 8.05. The van der Waals surface area contributed by atoms with Crippen LogP contribution in [0.2, 0.25) is 0 Å². The normalized spacial score (nSPS) is 10.8. The van der Waals surface area contributed by atoms with Crippen LogP contribution >= 0.6 is 31.9 Å². The number of rotatable bonds is 5. The van der Waals surface area contributed by atoms with Gasteiger partial charge in [0, 0.05) is 20.2 Å². The molecule has 0 spiro atoms. The van der Waals surface area contributed by atoms with E-state index in [0.717, 1.165) is 14.6 Å². The standard InChI is InChI=1S/C19H14Br2N4O3/c1-11-8-16(24-23-11)18(26)25-22-10-13-9-15(21)6-7-17(13)28-19(27)12-2-4-14(20)5-3-12/h2-10H,1H3,(H,23,24)(H,25,26)/b22-10-. The van der Waals surface area contributed by atoms with E-state index in [1.54, 1.807) is 55.5 Å². The number of aromatic nitrogens is 2. The molecule has 0 radical (unpaired) electrons. The number of aromatic amines is 1. The summed E-state index contributed by atoms with van der Waals surface area (Å²) in [4.78, 5) is 24.3. The second-order valence-electron chi connectivity index (χ2n) is 5.71. The third-order valence-electron chi connectivity index (χ3n) is 3.56. The van der Waals surface area contributed by atoms with Crippen molar-refractivity contribution >= 4 is 50.0 Å². The van der Waals surface area contributed by atoms with Crippen LogP contribution in [0.25, 0.3) is 0 Å². The number of aryl methyl sites for hydroxylation is 1. The molecule has 0 bridgehead atoms. The van der Waals surface area contributed by atoms with Gasteiger partial charge in [-0.25, -0.2) is 10.2 Å². The van der Waals surface area contributed by atoms with Crippen LogP contribution in [0.3, 0.4) is 0 Å². The number of nitrogens with zero attached hydrogens (tertiary/aromatic N) is 2. The van der Waals surface area contributed by atoms with E-state index >= 15 is 0 Å². The number of hydrogen-bond donors (Lipinski definition) is 2. The Morgan fingerprint density at radius 3 is 2.50 bits per heavy atom. The van der Waals surface area contributed by atoms with Gasteiger partial charge in [-0.3, -0.25) is 9.89 Å². The predicted octanol–water partition coefficient (Wildman–Crippen LogP) is 4.23. The highest BCUT2D eigenvalue weighted by Crippen LogP contribution is 2.23. The number of nitrogens with one attached hydrogen (secondary N) is 2. The zero-order valence-corrected chi connectivity index (χ0v) is 17.7. The second kappa shape index (κ2) is 8.94. The van der Waals surface area contributed by atoms with Gasteiger partial charge in [0.15, 0.2) is 5.69 Å². The number of benzene rings is 2. The highest BCUT2D eigenvalue weighted by molar-refractivity contribution is 9.10. The Hall–Kier alpha value is -2.78. The van der Waals surface area contributed by atoms with Gasteiger partial charge < -0.3 is 4.74 Å². The molecule has 0 unspecified atom stereocenters. The fourth-order valence-corrected chi connectivity index (χ4v) is 2.85. The zero-order valence-electron chi connectivity index (χ0n) is 14.6. The van der Waals surface area contributed by atoms with Gasteiger partial charge in [-0.1, -0.05) is 31.9 Å². The van der Waals surface area contributed by atoms with E-state index in [0.29, 0.717) is 16.9 Å². The topological polar surface area (TPSA) is 96.4 Å². The molecule has 142 valence electrons. The Morgan fingerprint density at radius 1 is 1.11 bits per heavy atom. The van der Waals surface area contributed by atoms with Gasteiger partial charge in [-0.15, -0.1) is 0 Å². The smallest absolute Gasteiger partial charge is 0.343 e. The third kappa shape index (κ3) is 5.14. The molecule has 0 fully saturated rings. The second-order valence-corrected chi connectivity index (χ2v) is 7.55. The third-order valence-corrected chi connectivity index (χ3v) is 4.58. The van der Waals surface area contributed by atoms with E-state index in [1.165, 1.54) is 6.21 Å². The molecular formula is C19H14Br2N4O3. The molecule has 1 aromatic heterocycles. The molecule has 0 saturated carbocycles. The lowest BCUT2D eigenvalue weighted by molar-refractivity contribution is 0.0734. The maximum absolute atomic E-state index is 12.4. The summed E-state index contributed by atoms with van der Waals surface area (Å²) in [5.41, 5.74) is 4.31. The number of H-pyrrole nitrogens is 1. The Morgan fingerprint density at radius 2 is 1.82 bits per heavy atom. The number of carbonyl (C=O) groups excluding carboxylic acids is 2. The van der Waals surface area contributed by atoms with E-state index in [-0.39, 0.29) is 5.69 Å². The first kappa shape index (κ1) is 20.0. The van der Waals surface area contributed by atoms with Gasteiger partial charge in [0.1, 0.15) is 5.75 Å². The van der Waals surface area contributed by atoms with Crippen molar-refractivity contribution in [1.82, 2.24) is 15.6 Å². The summed E-state index contributed by atoms with van der Waals surface area (Å²) in [5.74, 6) is -0.644. The van der Waals surface area contributed by atoms with Crippen LogP contribution < -0.4 is 10.2 Å². The molecule has 0 aliphatic carbocycles. The van der Waals surface area contributed by atoms with Crippen LogP contribution in [-0.4, -0.2) is 28.3 Å². The van der Waals surface area contributed by atoms with Crippen LogP contribution in [-0.2, 0) is 0 Å². The summed E-state index contributed by atoms with van der Waals surface area (Å²) in [7, 11) is 0. The van der Waals surface area contributed by atoms with Gasteiger partial charge in [-0.05, 0) is 55.5 Å². The molecule has 3 aromatic rings. The molecule has 7 nitrogen and oxygen atoms in total. The Bertz CT molecular complexity index is 1050. The van der Waals surface area contributed by atoms with E-state index in [2.05, 4.69) is 52.6 Å². The number of esters is 1. The average molecular weight is 506 g/mol. The van der Waals surface area contributed by atoms with Crippen molar-refractivity contribution in [3.8, 4) is 5.75 Å². The van der Waals surface area contributed by atoms with Crippen molar-refractivity contribution in [1.29, 1.82) is 0 Å². The lowest BCUT2D eigenvalue weighted by Gasteiger charge is -2.08. The molecule has 2 aromatic carbocycles. The molecule has 0 saturated heterocycles. The Balaban J connectivity index is 1.74. The first-order chi connectivity index (χ1) is 13.4. The predicted molar refractivity (Wildman–Crippen MR) is 112 cm³/mol. The van der Waals surface area contributed by atoms with Crippen molar-refractivity contribution in [3.63, 3.8) is 0 Å². The van der Waals surface area contributed by atoms with Gasteiger partial charge in [0.05, 0.1) is 11.8 Å². The maximum Gasteiger partial charge on any atom is 0.343 e. The fraction of sp³-hybridized carbons (Fsp3) is 0.0526. The molecule has 0 atom stereocenters. The van der Waals surface area contributed by atoms with Crippen molar-refractivity contribution in [3.05, 3.63) is 80.0 Å². The lowest BCUT2D eigenvalue weighted by atomic mass is 10.2. The van der Waals surface area contributed by atoms with Crippen LogP contribution in [0.4, 0.5) is 0 Å². The van der Waals surface area contributed by atoms with E-state index in [1.807, 2.05) is 0 Å². The number of carbonyl (C=O) groups is 2. The van der Waals surface area contributed by atoms with Crippen molar-refractivity contribution in [2.45, 2.75) is 6.92 Å². The van der Waals surface area contributed by atoms with E-state index < -0.39 is 11.9 Å². The quantitative estimate of drug-likeness (QED) is 0.235. The summed E-state index contributed by atoms with van der Waals surface area (Å²) in [6, 6.07) is 13.5. The monoisotopic (exact) mass is 504 g/mol. The summed E-state index contributed by atoms with van der Waals surface area (Å²) >= 11 is 6.69.